The second-order valence-corrected chi connectivity index (χ2v) is 7.24. The SMILES string of the molecule is CSC1(CN2C(=O)C(C)(C)NC(=O)C2C)CCC1. The van der Waals surface area contributed by atoms with Gasteiger partial charge in [0, 0.05) is 11.3 Å². The molecule has 2 rings (SSSR count). The number of nitrogens with zero attached hydrogens (tertiary/aromatic N) is 1. The highest BCUT2D eigenvalue weighted by Gasteiger charge is 2.47. The van der Waals surface area contributed by atoms with Crippen molar-refractivity contribution in [3.05, 3.63) is 0 Å². The number of carbonyl (C=O) groups excluding carboxylic acids is 2. The van der Waals surface area contributed by atoms with Crippen LogP contribution in [-0.2, 0) is 9.59 Å². The topological polar surface area (TPSA) is 49.4 Å². The largest absolute Gasteiger partial charge is 0.340 e. The van der Waals surface area contributed by atoms with Crippen molar-refractivity contribution in [2.75, 3.05) is 12.8 Å². The first kappa shape index (κ1) is 13.7. The van der Waals surface area contributed by atoms with Gasteiger partial charge in [-0.05, 0) is 39.9 Å². The van der Waals surface area contributed by atoms with Gasteiger partial charge in [-0.3, -0.25) is 9.59 Å². The first-order valence-electron chi connectivity index (χ1n) is 6.50. The predicted octanol–water partition coefficient (Wildman–Crippen LogP) is 1.40. The minimum Gasteiger partial charge on any atom is -0.340 e. The van der Waals surface area contributed by atoms with E-state index in [0.717, 1.165) is 12.8 Å². The lowest BCUT2D eigenvalue weighted by molar-refractivity contribution is -0.153. The molecular weight excluding hydrogens is 248 g/mol. The zero-order valence-corrected chi connectivity index (χ0v) is 12.4. The number of piperazine rings is 1. The molecule has 0 aromatic rings. The second-order valence-electron chi connectivity index (χ2n) is 5.96. The van der Waals surface area contributed by atoms with Gasteiger partial charge in [-0.15, -0.1) is 0 Å². The second kappa shape index (κ2) is 4.44. The number of amides is 2. The summed E-state index contributed by atoms with van der Waals surface area (Å²) >= 11 is 1.83. The molecule has 1 heterocycles. The number of thioether (sulfide) groups is 1. The van der Waals surface area contributed by atoms with Crippen LogP contribution in [0.3, 0.4) is 0 Å². The molecule has 18 heavy (non-hydrogen) atoms. The molecule has 1 saturated heterocycles. The van der Waals surface area contributed by atoms with E-state index in [0.29, 0.717) is 6.54 Å². The molecule has 1 saturated carbocycles. The molecule has 1 unspecified atom stereocenters. The molecule has 4 nitrogen and oxygen atoms in total. The highest BCUT2D eigenvalue weighted by atomic mass is 32.2. The fraction of sp³-hybridized carbons (Fsp3) is 0.846. The Morgan fingerprint density at radius 3 is 2.44 bits per heavy atom. The number of hydrogen-bond acceptors (Lipinski definition) is 3. The Labute approximate surface area is 113 Å². The third kappa shape index (κ3) is 2.13. The molecule has 102 valence electrons. The van der Waals surface area contributed by atoms with E-state index in [-0.39, 0.29) is 22.6 Å². The molecule has 0 aromatic carbocycles. The van der Waals surface area contributed by atoms with Crippen LogP contribution in [0.2, 0.25) is 0 Å². The molecule has 1 atom stereocenters. The highest BCUT2D eigenvalue weighted by molar-refractivity contribution is 8.00. The molecule has 1 aliphatic carbocycles. The first-order chi connectivity index (χ1) is 8.31. The van der Waals surface area contributed by atoms with Crippen molar-refractivity contribution in [2.24, 2.45) is 0 Å². The molecular formula is C13H22N2O2S. The minimum atomic E-state index is -0.771. The van der Waals surface area contributed by atoms with Gasteiger partial charge in [0.1, 0.15) is 11.6 Å². The van der Waals surface area contributed by atoms with Crippen LogP contribution in [0.1, 0.15) is 40.0 Å². The summed E-state index contributed by atoms with van der Waals surface area (Å²) in [5.41, 5.74) is -0.771. The average Bonchev–Trinajstić information content (AvgIpc) is 2.25. The Bertz CT molecular complexity index is 372. The van der Waals surface area contributed by atoms with Gasteiger partial charge in [-0.25, -0.2) is 0 Å². The summed E-state index contributed by atoms with van der Waals surface area (Å²) in [7, 11) is 0. The molecule has 2 aliphatic rings. The predicted molar refractivity (Wildman–Crippen MR) is 73.5 cm³/mol. The Hall–Kier alpha value is -0.710. The van der Waals surface area contributed by atoms with Gasteiger partial charge >= 0.3 is 0 Å². The van der Waals surface area contributed by atoms with E-state index in [1.54, 1.807) is 18.7 Å². The van der Waals surface area contributed by atoms with E-state index in [2.05, 4.69) is 11.6 Å². The summed E-state index contributed by atoms with van der Waals surface area (Å²) in [6.45, 7) is 6.07. The quantitative estimate of drug-likeness (QED) is 0.843. The van der Waals surface area contributed by atoms with E-state index in [4.69, 9.17) is 0 Å². The van der Waals surface area contributed by atoms with Crippen LogP contribution in [0.4, 0.5) is 0 Å². The molecule has 0 aromatic heterocycles. The monoisotopic (exact) mass is 270 g/mol. The normalized spacial score (nSPS) is 29.8. The molecule has 2 amide bonds. The maximum absolute atomic E-state index is 12.4. The summed E-state index contributed by atoms with van der Waals surface area (Å²) in [6, 6.07) is -0.352. The summed E-state index contributed by atoms with van der Waals surface area (Å²) in [4.78, 5) is 26.1. The van der Waals surface area contributed by atoms with Crippen molar-refractivity contribution in [3.63, 3.8) is 0 Å². The van der Waals surface area contributed by atoms with Gasteiger partial charge in [-0.1, -0.05) is 6.42 Å². The van der Waals surface area contributed by atoms with Crippen LogP contribution in [0, 0.1) is 0 Å². The Morgan fingerprint density at radius 2 is 2.00 bits per heavy atom. The Balaban J connectivity index is 2.18. The maximum Gasteiger partial charge on any atom is 0.248 e. The van der Waals surface area contributed by atoms with Crippen LogP contribution in [0.15, 0.2) is 0 Å². The summed E-state index contributed by atoms with van der Waals surface area (Å²) in [6.07, 6.45) is 5.62. The standard InChI is InChI=1S/C13H22N2O2S/c1-9-10(16)14-12(2,3)11(17)15(9)8-13(18-4)6-5-7-13/h9H,5-8H2,1-4H3,(H,14,16). The number of hydrogen-bond donors (Lipinski definition) is 1. The molecule has 0 spiro atoms. The van der Waals surface area contributed by atoms with Crippen LogP contribution in [0.5, 0.6) is 0 Å². The lowest BCUT2D eigenvalue weighted by atomic mass is 9.82. The molecule has 2 fully saturated rings. The van der Waals surface area contributed by atoms with Gasteiger partial charge in [-0.2, -0.15) is 11.8 Å². The molecule has 1 N–H and O–H groups in total. The molecule has 5 heteroatoms. The lowest BCUT2D eigenvalue weighted by Gasteiger charge is -2.49. The van der Waals surface area contributed by atoms with Crippen molar-refractivity contribution < 1.29 is 9.59 Å². The third-order valence-electron chi connectivity index (χ3n) is 4.23. The van der Waals surface area contributed by atoms with E-state index >= 15 is 0 Å². The fourth-order valence-electron chi connectivity index (χ4n) is 2.66. The minimum absolute atomic E-state index is 0.0370. The first-order valence-corrected chi connectivity index (χ1v) is 7.72. The molecule has 0 bridgehead atoms. The lowest BCUT2D eigenvalue weighted by Crippen LogP contribution is -2.69. The smallest absolute Gasteiger partial charge is 0.248 e. The van der Waals surface area contributed by atoms with E-state index in [1.165, 1.54) is 6.42 Å². The zero-order valence-electron chi connectivity index (χ0n) is 11.6. The van der Waals surface area contributed by atoms with Crippen LogP contribution < -0.4 is 5.32 Å². The van der Waals surface area contributed by atoms with Crippen molar-refractivity contribution in [3.8, 4) is 0 Å². The average molecular weight is 270 g/mol. The van der Waals surface area contributed by atoms with E-state index in [9.17, 15) is 9.59 Å². The van der Waals surface area contributed by atoms with Crippen molar-refractivity contribution in [1.82, 2.24) is 10.2 Å². The number of nitrogens with one attached hydrogen (secondary N) is 1. The zero-order chi connectivity index (χ0) is 13.6. The van der Waals surface area contributed by atoms with Crippen molar-refractivity contribution in [1.29, 1.82) is 0 Å². The summed E-state index contributed by atoms with van der Waals surface area (Å²) in [5, 5.41) is 2.79. The maximum atomic E-state index is 12.4. The van der Waals surface area contributed by atoms with Gasteiger partial charge in [0.05, 0.1) is 0 Å². The summed E-state index contributed by atoms with van der Waals surface area (Å²) < 4.78 is 0.178. The van der Waals surface area contributed by atoms with E-state index in [1.807, 2.05) is 18.7 Å². The summed E-state index contributed by atoms with van der Waals surface area (Å²) in [5.74, 6) is -0.00917. The van der Waals surface area contributed by atoms with Gasteiger partial charge in [0.25, 0.3) is 0 Å². The van der Waals surface area contributed by atoms with Crippen LogP contribution in [-0.4, -0.2) is 45.8 Å². The number of carbonyl (C=O) groups is 2. The van der Waals surface area contributed by atoms with Gasteiger partial charge < -0.3 is 10.2 Å². The van der Waals surface area contributed by atoms with Crippen LogP contribution >= 0.6 is 11.8 Å². The third-order valence-corrected chi connectivity index (χ3v) is 5.64. The van der Waals surface area contributed by atoms with E-state index < -0.39 is 5.54 Å². The molecule has 0 radical (unpaired) electrons. The fourth-order valence-corrected chi connectivity index (χ4v) is 3.62. The van der Waals surface area contributed by atoms with Gasteiger partial charge in [0.2, 0.25) is 11.8 Å². The highest BCUT2D eigenvalue weighted by Crippen LogP contribution is 2.44. The molecule has 1 aliphatic heterocycles. The number of rotatable bonds is 3. The Morgan fingerprint density at radius 1 is 1.39 bits per heavy atom. The Kier molecular flexibility index (Phi) is 3.38. The van der Waals surface area contributed by atoms with Gasteiger partial charge in [0.15, 0.2) is 0 Å². The van der Waals surface area contributed by atoms with Crippen molar-refractivity contribution >= 4 is 23.6 Å². The van der Waals surface area contributed by atoms with Crippen LogP contribution in [0.25, 0.3) is 0 Å². The van der Waals surface area contributed by atoms with Crippen molar-refractivity contribution in [2.45, 2.75) is 56.4 Å².